The van der Waals surface area contributed by atoms with E-state index in [1.54, 1.807) is 24.3 Å². The van der Waals surface area contributed by atoms with E-state index < -0.39 is 16.1 Å². The van der Waals surface area contributed by atoms with Crippen molar-refractivity contribution >= 4 is 31.9 Å². The van der Waals surface area contributed by atoms with Crippen LogP contribution in [-0.2, 0) is 27.8 Å². The van der Waals surface area contributed by atoms with Gasteiger partial charge in [0.1, 0.15) is 6.04 Å². The number of halogens is 1. The van der Waals surface area contributed by atoms with E-state index in [0.29, 0.717) is 19.5 Å². The van der Waals surface area contributed by atoms with Gasteiger partial charge in [0.25, 0.3) is 0 Å². The van der Waals surface area contributed by atoms with E-state index in [-0.39, 0.29) is 10.8 Å². The lowest BCUT2D eigenvalue weighted by Crippen LogP contribution is -2.51. The van der Waals surface area contributed by atoms with Crippen LogP contribution >= 0.6 is 15.9 Å². The number of hydrogen-bond acceptors (Lipinski definition) is 3. The molecular formula is C21H25BrN2O3S. The quantitative estimate of drug-likeness (QED) is 0.705. The van der Waals surface area contributed by atoms with Gasteiger partial charge in [-0.1, -0.05) is 53.5 Å². The summed E-state index contributed by atoms with van der Waals surface area (Å²) in [6.45, 7) is 2.85. The van der Waals surface area contributed by atoms with Gasteiger partial charge >= 0.3 is 0 Å². The highest BCUT2D eigenvalue weighted by Gasteiger charge is 2.37. The van der Waals surface area contributed by atoms with Gasteiger partial charge in [0, 0.05) is 17.6 Å². The van der Waals surface area contributed by atoms with Crippen molar-refractivity contribution < 1.29 is 13.2 Å². The zero-order valence-electron chi connectivity index (χ0n) is 15.9. The van der Waals surface area contributed by atoms with Gasteiger partial charge in [-0.15, -0.1) is 0 Å². The monoisotopic (exact) mass is 464 g/mol. The van der Waals surface area contributed by atoms with Crippen molar-refractivity contribution in [2.24, 2.45) is 0 Å². The Bertz CT molecular complexity index is 912. The van der Waals surface area contributed by atoms with Crippen molar-refractivity contribution in [1.29, 1.82) is 0 Å². The average molecular weight is 465 g/mol. The Labute approximate surface area is 175 Å². The van der Waals surface area contributed by atoms with Crippen LogP contribution in [0.15, 0.2) is 57.9 Å². The van der Waals surface area contributed by atoms with Crippen molar-refractivity contribution in [3.63, 3.8) is 0 Å². The van der Waals surface area contributed by atoms with Gasteiger partial charge in [0.15, 0.2) is 0 Å². The Morgan fingerprint density at radius 1 is 1.07 bits per heavy atom. The Morgan fingerprint density at radius 3 is 2.36 bits per heavy atom. The molecule has 2 aromatic rings. The van der Waals surface area contributed by atoms with E-state index >= 15 is 0 Å². The molecule has 7 heteroatoms. The van der Waals surface area contributed by atoms with Crippen LogP contribution in [0.3, 0.4) is 0 Å². The first-order valence-corrected chi connectivity index (χ1v) is 11.8. The number of carbonyl (C=O) groups excluding carboxylic acids is 1. The summed E-state index contributed by atoms with van der Waals surface area (Å²) in [6, 6.07) is 14.0. The minimum absolute atomic E-state index is 0.213. The number of carbonyl (C=O) groups is 1. The number of nitrogens with one attached hydrogen (secondary N) is 1. The third kappa shape index (κ3) is 4.82. The summed E-state index contributed by atoms with van der Waals surface area (Å²) in [5.41, 5.74) is 2.25. The van der Waals surface area contributed by atoms with Crippen molar-refractivity contribution in [3.05, 3.63) is 64.1 Å². The minimum Gasteiger partial charge on any atom is -0.351 e. The van der Waals surface area contributed by atoms with Crippen LogP contribution in [0.25, 0.3) is 0 Å². The fraction of sp³-hybridized carbons (Fsp3) is 0.381. The highest BCUT2D eigenvalue weighted by atomic mass is 79.9. The fourth-order valence-corrected chi connectivity index (χ4v) is 5.32. The molecule has 0 spiro atoms. The van der Waals surface area contributed by atoms with Crippen LogP contribution in [-0.4, -0.2) is 31.2 Å². The maximum Gasteiger partial charge on any atom is 0.243 e. The molecule has 0 unspecified atom stereocenters. The zero-order valence-corrected chi connectivity index (χ0v) is 18.3. The molecule has 0 bridgehead atoms. The van der Waals surface area contributed by atoms with Crippen LogP contribution in [0.5, 0.6) is 0 Å². The van der Waals surface area contributed by atoms with Crippen molar-refractivity contribution in [2.75, 3.05) is 6.54 Å². The van der Waals surface area contributed by atoms with Gasteiger partial charge in [-0.05, 0) is 54.7 Å². The van der Waals surface area contributed by atoms with Crippen molar-refractivity contribution in [1.82, 2.24) is 9.62 Å². The number of benzene rings is 2. The molecule has 28 heavy (non-hydrogen) atoms. The molecule has 0 saturated carbocycles. The highest BCUT2D eigenvalue weighted by Crippen LogP contribution is 2.26. The van der Waals surface area contributed by atoms with Crippen LogP contribution in [0.4, 0.5) is 0 Å². The van der Waals surface area contributed by atoms with E-state index in [1.807, 2.05) is 24.3 Å². The van der Waals surface area contributed by atoms with Crippen LogP contribution in [0, 0.1) is 0 Å². The van der Waals surface area contributed by atoms with Gasteiger partial charge in [0.05, 0.1) is 4.90 Å². The summed E-state index contributed by atoms with van der Waals surface area (Å²) in [5.74, 6) is -0.236. The fourth-order valence-electron chi connectivity index (χ4n) is 3.40. The van der Waals surface area contributed by atoms with E-state index in [0.717, 1.165) is 29.3 Å². The van der Waals surface area contributed by atoms with Crippen molar-refractivity contribution in [3.8, 4) is 0 Å². The molecule has 5 nitrogen and oxygen atoms in total. The Kier molecular flexibility index (Phi) is 6.91. The van der Waals surface area contributed by atoms with Gasteiger partial charge in [-0.2, -0.15) is 4.31 Å². The summed E-state index contributed by atoms with van der Waals surface area (Å²) >= 11 is 3.32. The Morgan fingerprint density at radius 2 is 1.71 bits per heavy atom. The second-order valence-electron chi connectivity index (χ2n) is 6.97. The second kappa shape index (κ2) is 9.20. The van der Waals surface area contributed by atoms with E-state index in [9.17, 15) is 13.2 Å². The van der Waals surface area contributed by atoms with Crippen LogP contribution in [0.2, 0.25) is 0 Å². The Balaban J connectivity index is 1.72. The molecule has 150 valence electrons. The standard InChI is InChI=1S/C21H25BrN2O3S/c1-2-16-6-8-17(9-7-16)15-23-21(25)20-5-3-4-14-24(20)28(26,27)19-12-10-18(22)11-13-19/h6-13,20H,2-5,14-15H2,1H3,(H,23,25)/t20-/m0/s1. The lowest BCUT2D eigenvalue weighted by Gasteiger charge is -2.33. The molecule has 0 aromatic heterocycles. The zero-order chi connectivity index (χ0) is 20.1. The maximum atomic E-state index is 13.1. The maximum absolute atomic E-state index is 13.1. The summed E-state index contributed by atoms with van der Waals surface area (Å²) < 4.78 is 28.3. The van der Waals surface area contributed by atoms with Crippen LogP contribution < -0.4 is 5.32 Å². The number of piperidine rings is 1. The van der Waals surface area contributed by atoms with E-state index in [2.05, 4.69) is 28.2 Å². The molecule has 0 aliphatic carbocycles. The SMILES string of the molecule is CCc1ccc(CNC(=O)[C@@H]2CCCCN2S(=O)(=O)c2ccc(Br)cc2)cc1. The predicted molar refractivity (Wildman–Crippen MR) is 113 cm³/mol. The van der Waals surface area contributed by atoms with Gasteiger partial charge < -0.3 is 5.32 Å². The highest BCUT2D eigenvalue weighted by molar-refractivity contribution is 9.10. The summed E-state index contributed by atoms with van der Waals surface area (Å²) in [4.78, 5) is 13.0. The first kappa shape index (κ1) is 21.0. The molecule has 1 atom stereocenters. The number of rotatable bonds is 6. The number of aryl methyl sites for hydroxylation is 1. The summed E-state index contributed by atoms with van der Waals surface area (Å²) in [7, 11) is -3.71. The molecule has 1 heterocycles. The normalized spacial score (nSPS) is 18.0. The second-order valence-corrected chi connectivity index (χ2v) is 9.78. The van der Waals surface area contributed by atoms with E-state index in [1.165, 1.54) is 9.87 Å². The van der Waals surface area contributed by atoms with Gasteiger partial charge in [-0.25, -0.2) is 8.42 Å². The van der Waals surface area contributed by atoms with Crippen molar-refractivity contribution in [2.45, 2.75) is 50.1 Å². The lowest BCUT2D eigenvalue weighted by molar-refractivity contribution is -0.125. The number of hydrogen-bond donors (Lipinski definition) is 1. The van der Waals surface area contributed by atoms with E-state index in [4.69, 9.17) is 0 Å². The largest absolute Gasteiger partial charge is 0.351 e. The molecule has 1 aliphatic heterocycles. The molecule has 1 aliphatic rings. The first-order valence-electron chi connectivity index (χ1n) is 9.54. The molecule has 3 rings (SSSR count). The lowest BCUT2D eigenvalue weighted by atomic mass is 10.0. The molecule has 1 N–H and O–H groups in total. The van der Waals surface area contributed by atoms with Gasteiger partial charge in [-0.3, -0.25) is 4.79 Å². The average Bonchev–Trinajstić information content (AvgIpc) is 2.72. The molecule has 1 amide bonds. The number of nitrogens with zero attached hydrogens (tertiary/aromatic N) is 1. The first-order chi connectivity index (χ1) is 13.4. The summed E-state index contributed by atoms with van der Waals surface area (Å²) in [5, 5.41) is 2.92. The van der Waals surface area contributed by atoms with Crippen LogP contribution in [0.1, 0.15) is 37.3 Å². The third-order valence-corrected chi connectivity index (χ3v) is 7.53. The Hall–Kier alpha value is -1.70. The predicted octanol–water partition coefficient (Wildman–Crippen LogP) is 3.87. The number of sulfonamides is 1. The molecule has 1 fully saturated rings. The summed E-state index contributed by atoms with van der Waals surface area (Å²) in [6.07, 6.45) is 3.11. The molecule has 1 saturated heterocycles. The molecule has 0 radical (unpaired) electrons. The topological polar surface area (TPSA) is 66.5 Å². The smallest absolute Gasteiger partial charge is 0.243 e. The van der Waals surface area contributed by atoms with Gasteiger partial charge in [0.2, 0.25) is 15.9 Å². The minimum atomic E-state index is -3.71. The third-order valence-electron chi connectivity index (χ3n) is 5.07. The molecular weight excluding hydrogens is 440 g/mol. The number of amides is 1. The molecule has 2 aromatic carbocycles.